The topological polar surface area (TPSA) is 24.9 Å². The third-order valence-corrected chi connectivity index (χ3v) is 3.14. The highest BCUT2D eigenvalue weighted by atomic mass is 32.1. The van der Waals surface area contributed by atoms with Crippen molar-refractivity contribution in [1.82, 2.24) is 9.69 Å². The Hall–Kier alpha value is -1.19. The molecule has 0 aliphatic rings. The van der Waals surface area contributed by atoms with Gasteiger partial charge in [-0.05, 0) is 30.6 Å². The highest BCUT2D eigenvalue weighted by molar-refractivity contribution is 7.06. The largest absolute Gasteiger partial charge is 0.312 e. The van der Waals surface area contributed by atoms with Gasteiger partial charge in [-0.3, -0.25) is 0 Å². The van der Waals surface area contributed by atoms with Gasteiger partial charge in [0.05, 0.1) is 5.69 Å². The molecule has 0 aliphatic carbocycles. The predicted octanol–water partition coefficient (Wildman–Crippen LogP) is 3.31. The smallest absolute Gasteiger partial charge is 0.0844 e. The van der Waals surface area contributed by atoms with Crippen molar-refractivity contribution in [1.29, 1.82) is 0 Å². The van der Waals surface area contributed by atoms with E-state index in [1.165, 1.54) is 16.9 Å². The SMILES string of the molecule is CCCNCc1cc(-c2ccccc2)ns1. The molecule has 2 rings (SSSR count). The van der Waals surface area contributed by atoms with Crippen molar-refractivity contribution < 1.29 is 0 Å². The Bertz CT molecular complexity index is 423. The molecular weight excluding hydrogens is 216 g/mol. The molecule has 1 N–H and O–H groups in total. The fraction of sp³-hybridized carbons (Fsp3) is 0.308. The molecule has 0 radical (unpaired) electrons. The van der Waals surface area contributed by atoms with Crippen molar-refractivity contribution in [2.75, 3.05) is 6.54 Å². The Kier molecular flexibility index (Phi) is 4.08. The van der Waals surface area contributed by atoms with Gasteiger partial charge in [0.15, 0.2) is 0 Å². The summed E-state index contributed by atoms with van der Waals surface area (Å²) in [7, 11) is 0. The lowest BCUT2D eigenvalue weighted by Gasteiger charge is -1.97. The lowest BCUT2D eigenvalue weighted by Crippen LogP contribution is -2.12. The van der Waals surface area contributed by atoms with E-state index in [4.69, 9.17) is 0 Å². The number of benzene rings is 1. The second-order valence-electron chi connectivity index (χ2n) is 3.72. The molecule has 0 fully saturated rings. The Morgan fingerprint density at radius 2 is 2.06 bits per heavy atom. The average molecular weight is 232 g/mol. The van der Waals surface area contributed by atoms with E-state index in [1.807, 2.05) is 18.2 Å². The molecule has 0 saturated carbocycles. The average Bonchev–Trinajstić information content (AvgIpc) is 2.79. The van der Waals surface area contributed by atoms with Gasteiger partial charge < -0.3 is 5.32 Å². The number of rotatable bonds is 5. The van der Waals surface area contributed by atoms with Gasteiger partial charge in [0.1, 0.15) is 0 Å². The van der Waals surface area contributed by atoms with Crippen LogP contribution in [0.15, 0.2) is 36.4 Å². The fourth-order valence-electron chi connectivity index (χ4n) is 1.53. The van der Waals surface area contributed by atoms with Crippen LogP contribution in [0.25, 0.3) is 11.3 Å². The van der Waals surface area contributed by atoms with Crippen molar-refractivity contribution in [2.45, 2.75) is 19.9 Å². The number of aromatic nitrogens is 1. The van der Waals surface area contributed by atoms with Crippen LogP contribution in [0.3, 0.4) is 0 Å². The van der Waals surface area contributed by atoms with Crippen LogP contribution in [0.2, 0.25) is 0 Å². The molecule has 0 atom stereocenters. The quantitative estimate of drug-likeness (QED) is 0.800. The van der Waals surface area contributed by atoms with Crippen LogP contribution in [0.1, 0.15) is 18.2 Å². The first-order chi connectivity index (χ1) is 7.90. The molecule has 1 aromatic carbocycles. The van der Waals surface area contributed by atoms with Gasteiger partial charge >= 0.3 is 0 Å². The first kappa shape index (κ1) is 11.3. The van der Waals surface area contributed by atoms with Crippen molar-refractivity contribution in [3.63, 3.8) is 0 Å². The molecule has 0 aliphatic heterocycles. The first-order valence-corrected chi connectivity index (χ1v) is 6.39. The highest BCUT2D eigenvalue weighted by Gasteiger charge is 2.03. The van der Waals surface area contributed by atoms with Crippen LogP contribution in [0.5, 0.6) is 0 Å². The van der Waals surface area contributed by atoms with Gasteiger partial charge in [-0.25, -0.2) is 0 Å². The summed E-state index contributed by atoms with van der Waals surface area (Å²) in [6, 6.07) is 12.5. The number of nitrogens with zero attached hydrogens (tertiary/aromatic N) is 1. The Morgan fingerprint density at radius 3 is 2.81 bits per heavy atom. The summed E-state index contributed by atoms with van der Waals surface area (Å²) in [5.41, 5.74) is 2.28. The van der Waals surface area contributed by atoms with Crippen LogP contribution < -0.4 is 5.32 Å². The first-order valence-electron chi connectivity index (χ1n) is 5.62. The van der Waals surface area contributed by atoms with Gasteiger partial charge in [0.25, 0.3) is 0 Å². The molecular formula is C13H16N2S. The summed E-state index contributed by atoms with van der Waals surface area (Å²) in [6.07, 6.45) is 1.17. The molecule has 16 heavy (non-hydrogen) atoms. The second kappa shape index (κ2) is 5.77. The van der Waals surface area contributed by atoms with E-state index in [0.717, 1.165) is 18.8 Å². The van der Waals surface area contributed by atoms with Gasteiger partial charge in [0.2, 0.25) is 0 Å². The zero-order chi connectivity index (χ0) is 11.2. The molecule has 2 aromatic rings. The minimum absolute atomic E-state index is 0.929. The van der Waals surface area contributed by atoms with Crippen molar-refractivity contribution in [2.24, 2.45) is 0 Å². The minimum Gasteiger partial charge on any atom is -0.312 e. The Labute approximate surface area is 100 Å². The third kappa shape index (κ3) is 2.90. The molecule has 0 bridgehead atoms. The fourth-order valence-corrected chi connectivity index (χ4v) is 2.23. The maximum atomic E-state index is 4.47. The van der Waals surface area contributed by atoms with Crippen molar-refractivity contribution in [3.8, 4) is 11.3 Å². The van der Waals surface area contributed by atoms with Gasteiger partial charge in [-0.15, -0.1) is 0 Å². The van der Waals surface area contributed by atoms with Crippen LogP contribution in [0.4, 0.5) is 0 Å². The summed E-state index contributed by atoms with van der Waals surface area (Å²) in [4.78, 5) is 1.30. The number of hydrogen-bond donors (Lipinski definition) is 1. The summed E-state index contributed by atoms with van der Waals surface area (Å²) >= 11 is 1.58. The monoisotopic (exact) mass is 232 g/mol. The van der Waals surface area contributed by atoms with E-state index in [2.05, 4.69) is 34.8 Å². The van der Waals surface area contributed by atoms with Crippen LogP contribution in [0, 0.1) is 0 Å². The van der Waals surface area contributed by atoms with E-state index in [1.54, 1.807) is 11.5 Å². The number of nitrogens with one attached hydrogen (secondary N) is 1. The molecule has 0 unspecified atom stereocenters. The van der Waals surface area contributed by atoms with E-state index < -0.39 is 0 Å². The third-order valence-electron chi connectivity index (χ3n) is 2.35. The zero-order valence-corrected chi connectivity index (χ0v) is 10.3. The van der Waals surface area contributed by atoms with Gasteiger partial charge in [-0.1, -0.05) is 37.3 Å². The summed E-state index contributed by atoms with van der Waals surface area (Å²) in [6.45, 7) is 4.17. The van der Waals surface area contributed by atoms with E-state index in [9.17, 15) is 0 Å². The van der Waals surface area contributed by atoms with E-state index in [-0.39, 0.29) is 0 Å². The van der Waals surface area contributed by atoms with Gasteiger partial charge in [-0.2, -0.15) is 4.37 Å². The Balaban J connectivity index is 2.02. The van der Waals surface area contributed by atoms with Crippen molar-refractivity contribution >= 4 is 11.5 Å². The normalized spacial score (nSPS) is 10.6. The summed E-state index contributed by atoms with van der Waals surface area (Å²) in [5.74, 6) is 0. The second-order valence-corrected chi connectivity index (χ2v) is 4.61. The standard InChI is InChI=1S/C13H16N2S/c1-2-8-14-10-12-9-13(15-16-12)11-6-4-3-5-7-11/h3-7,9,14H,2,8,10H2,1H3. The highest BCUT2D eigenvalue weighted by Crippen LogP contribution is 2.21. The molecule has 0 amide bonds. The van der Waals surface area contributed by atoms with Crippen LogP contribution in [-0.2, 0) is 6.54 Å². The lowest BCUT2D eigenvalue weighted by atomic mass is 10.1. The zero-order valence-electron chi connectivity index (χ0n) is 9.44. The van der Waals surface area contributed by atoms with Crippen molar-refractivity contribution in [3.05, 3.63) is 41.3 Å². The maximum absolute atomic E-state index is 4.47. The van der Waals surface area contributed by atoms with E-state index in [0.29, 0.717) is 0 Å². The minimum atomic E-state index is 0.929. The molecule has 84 valence electrons. The summed E-state index contributed by atoms with van der Waals surface area (Å²) in [5, 5.41) is 3.39. The molecule has 0 saturated heterocycles. The molecule has 3 heteroatoms. The van der Waals surface area contributed by atoms with Gasteiger partial charge in [0, 0.05) is 17.0 Å². The number of hydrogen-bond acceptors (Lipinski definition) is 3. The predicted molar refractivity (Wildman–Crippen MR) is 69.5 cm³/mol. The molecule has 1 aromatic heterocycles. The van der Waals surface area contributed by atoms with E-state index >= 15 is 0 Å². The molecule has 0 spiro atoms. The summed E-state index contributed by atoms with van der Waals surface area (Å²) < 4.78 is 4.47. The Morgan fingerprint density at radius 1 is 1.25 bits per heavy atom. The molecule has 1 heterocycles. The lowest BCUT2D eigenvalue weighted by molar-refractivity contribution is 0.681. The molecule has 2 nitrogen and oxygen atoms in total. The maximum Gasteiger partial charge on any atom is 0.0844 e. The van der Waals surface area contributed by atoms with Crippen LogP contribution in [-0.4, -0.2) is 10.9 Å². The van der Waals surface area contributed by atoms with Crippen LogP contribution >= 0.6 is 11.5 Å².